The van der Waals surface area contributed by atoms with E-state index in [2.05, 4.69) is 31.0 Å². The van der Waals surface area contributed by atoms with Gasteiger partial charge in [0.2, 0.25) is 0 Å². The van der Waals surface area contributed by atoms with E-state index in [4.69, 9.17) is 0 Å². The Hall–Kier alpha value is -1.68. The van der Waals surface area contributed by atoms with Gasteiger partial charge in [-0.25, -0.2) is 4.98 Å². The highest BCUT2D eigenvalue weighted by molar-refractivity contribution is 7.13. The highest BCUT2D eigenvalue weighted by Crippen LogP contribution is 2.22. The minimum Gasteiger partial charge on any atom is -0.338 e. The Labute approximate surface area is 143 Å². The molecule has 0 atom stereocenters. The average Bonchev–Trinajstić information content (AvgIpc) is 2.88. The van der Waals surface area contributed by atoms with Gasteiger partial charge in [-0.3, -0.25) is 4.79 Å². The molecule has 0 N–H and O–H groups in total. The molecule has 1 aromatic heterocycles. The van der Waals surface area contributed by atoms with Crippen molar-refractivity contribution in [3.8, 4) is 0 Å². The minimum absolute atomic E-state index is 0.119. The number of hydrogen-bond acceptors (Lipinski definition) is 3. The van der Waals surface area contributed by atoms with E-state index in [0.717, 1.165) is 41.5 Å². The largest absolute Gasteiger partial charge is 0.338 e. The molecule has 0 aliphatic heterocycles. The molecule has 1 aromatic carbocycles. The van der Waals surface area contributed by atoms with Crippen LogP contribution in [0.15, 0.2) is 30.3 Å². The van der Waals surface area contributed by atoms with Gasteiger partial charge < -0.3 is 4.90 Å². The van der Waals surface area contributed by atoms with Crippen molar-refractivity contribution in [1.82, 2.24) is 9.88 Å². The van der Waals surface area contributed by atoms with Gasteiger partial charge in [0.1, 0.15) is 4.88 Å². The fraction of sp³-hybridized carbons (Fsp3) is 0.474. The molecule has 0 fully saturated rings. The fourth-order valence-electron chi connectivity index (χ4n) is 2.54. The summed E-state index contributed by atoms with van der Waals surface area (Å²) in [5.74, 6) is 0.678. The third-order valence-electron chi connectivity index (χ3n) is 3.80. The third-order valence-corrected chi connectivity index (χ3v) is 4.97. The monoisotopic (exact) mass is 330 g/mol. The number of nitrogens with zero attached hydrogens (tertiary/aromatic N) is 2. The van der Waals surface area contributed by atoms with Crippen LogP contribution in [0.5, 0.6) is 0 Å². The number of rotatable bonds is 7. The van der Waals surface area contributed by atoms with Crippen molar-refractivity contribution >= 4 is 17.2 Å². The van der Waals surface area contributed by atoms with Crippen molar-refractivity contribution < 1.29 is 4.79 Å². The summed E-state index contributed by atoms with van der Waals surface area (Å²) in [6, 6.07) is 10.3. The smallest absolute Gasteiger partial charge is 0.265 e. The summed E-state index contributed by atoms with van der Waals surface area (Å²) in [6.45, 7) is 9.80. The molecular weight excluding hydrogens is 304 g/mol. The SMILES string of the molecule is CCN(CCc1ccccc1)C(=O)c1sc(CC(C)C)nc1C. The highest BCUT2D eigenvalue weighted by Gasteiger charge is 2.20. The third kappa shape index (κ3) is 4.90. The zero-order valence-electron chi connectivity index (χ0n) is 14.5. The van der Waals surface area contributed by atoms with Crippen LogP contribution in [0.2, 0.25) is 0 Å². The predicted octanol–water partition coefficient (Wildman–Crippen LogP) is 4.35. The summed E-state index contributed by atoms with van der Waals surface area (Å²) in [5.41, 5.74) is 2.13. The molecule has 1 heterocycles. The zero-order chi connectivity index (χ0) is 16.8. The summed E-state index contributed by atoms with van der Waals surface area (Å²) in [6.07, 6.45) is 1.83. The van der Waals surface area contributed by atoms with Crippen LogP contribution in [0.25, 0.3) is 0 Å². The normalized spacial score (nSPS) is 11.0. The van der Waals surface area contributed by atoms with E-state index in [9.17, 15) is 4.79 Å². The summed E-state index contributed by atoms with van der Waals surface area (Å²) >= 11 is 1.56. The van der Waals surface area contributed by atoms with Crippen molar-refractivity contribution in [2.75, 3.05) is 13.1 Å². The number of thiazole rings is 1. The molecule has 0 saturated carbocycles. The van der Waals surface area contributed by atoms with Crippen LogP contribution in [0.1, 0.15) is 46.7 Å². The van der Waals surface area contributed by atoms with E-state index in [-0.39, 0.29) is 5.91 Å². The Balaban J connectivity index is 2.06. The number of amides is 1. The second-order valence-electron chi connectivity index (χ2n) is 6.24. The molecule has 4 heteroatoms. The first-order valence-electron chi connectivity index (χ1n) is 8.30. The van der Waals surface area contributed by atoms with Crippen LogP contribution in [0, 0.1) is 12.8 Å². The fourth-order valence-corrected chi connectivity index (χ4v) is 3.79. The van der Waals surface area contributed by atoms with Crippen LogP contribution < -0.4 is 0 Å². The lowest BCUT2D eigenvalue weighted by molar-refractivity contribution is 0.0770. The number of aryl methyl sites for hydroxylation is 1. The average molecular weight is 330 g/mol. The molecule has 2 rings (SSSR count). The van der Waals surface area contributed by atoms with E-state index >= 15 is 0 Å². The number of carbonyl (C=O) groups excluding carboxylic acids is 1. The Morgan fingerprint density at radius 1 is 1.26 bits per heavy atom. The number of benzene rings is 1. The van der Waals surface area contributed by atoms with Gasteiger partial charge in [0.15, 0.2) is 0 Å². The van der Waals surface area contributed by atoms with Crippen molar-refractivity contribution in [2.24, 2.45) is 5.92 Å². The van der Waals surface area contributed by atoms with Crippen molar-refractivity contribution in [3.05, 3.63) is 51.5 Å². The van der Waals surface area contributed by atoms with Gasteiger partial charge in [0.25, 0.3) is 5.91 Å². The van der Waals surface area contributed by atoms with Crippen LogP contribution >= 0.6 is 11.3 Å². The maximum Gasteiger partial charge on any atom is 0.265 e. The van der Waals surface area contributed by atoms with Gasteiger partial charge in [-0.2, -0.15) is 0 Å². The molecule has 0 unspecified atom stereocenters. The lowest BCUT2D eigenvalue weighted by Gasteiger charge is -2.20. The van der Waals surface area contributed by atoms with Gasteiger partial charge in [0, 0.05) is 19.5 Å². The lowest BCUT2D eigenvalue weighted by atomic mass is 10.1. The Kier molecular flexibility index (Phi) is 6.34. The lowest BCUT2D eigenvalue weighted by Crippen LogP contribution is -2.32. The summed E-state index contributed by atoms with van der Waals surface area (Å²) < 4.78 is 0. The molecule has 1 amide bonds. The Morgan fingerprint density at radius 2 is 1.96 bits per heavy atom. The van der Waals surface area contributed by atoms with Gasteiger partial charge in [-0.05, 0) is 31.7 Å². The van der Waals surface area contributed by atoms with Crippen LogP contribution in [-0.2, 0) is 12.8 Å². The summed E-state index contributed by atoms with van der Waals surface area (Å²) in [5, 5.41) is 1.07. The maximum atomic E-state index is 12.8. The van der Waals surface area contributed by atoms with E-state index in [1.807, 2.05) is 36.9 Å². The summed E-state index contributed by atoms with van der Waals surface area (Å²) in [4.78, 5) is 20.1. The second kappa shape index (κ2) is 8.25. The molecule has 124 valence electrons. The molecule has 23 heavy (non-hydrogen) atoms. The molecule has 0 bridgehead atoms. The van der Waals surface area contributed by atoms with Crippen molar-refractivity contribution in [1.29, 1.82) is 0 Å². The van der Waals surface area contributed by atoms with E-state index in [0.29, 0.717) is 5.92 Å². The van der Waals surface area contributed by atoms with Crippen LogP contribution in [0.3, 0.4) is 0 Å². The van der Waals surface area contributed by atoms with E-state index in [1.54, 1.807) is 11.3 Å². The highest BCUT2D eigenvalue weighted by atomic mass is 32.1. The number of aromatic nitrogens is 1. The first-order valence-corrected chi connectivity index (χ1v) is 9.12. The summed E-state index contributed by atoms with van der Waals surface area (Å²) in [7, 11) is 0. The molecule has 0 aliphatic carbocycles. The first-order chi connectivity index (χ1) is 11.0. The second-order valence-corrected chi connectivity index (χ2v) is 7.32. The van der Waals surface area contributed by atoms with Gasteiger partial charge in [0.05, 0.1) is 10.7 Å². The van der Waals surface area contributed by atoms with Crippen LogP contribution in [0.4, 0.5) is 0 Å². The van der Waals surface area contributed by atoms with Crippen molar-refractivity contribution in [3.63, 3.8) is 0 Å². The Bertz CT molecular complexity index is 634. The van der Waals surface area contributed by atoms with E-state index < -0.39 is 0 Å². The number of likely N-dealkylation sites (N-methyl/N-ethyl adjacent to an activating group) is 1. The molecule has 0 saturated heterocycles. The van der Waals surface area contributed by atoms with Gasteiger partial charge in [-0.15, -0.1) is 11.3 Å². The van der Waals surface area contributed by atoms with Crippen LogP contribution in [-0.4, -0.2) is 28.9 Å². The first kappa shape index (κ1) is 17.7. The molecule has 0 aliphatic rings. The number of carbonyl (C=O) groups is 1. The molecule has 0 radical (unpaired) electrons. The van der Waals surface area contributed by atoms with Gasteiger partial charge >= 0.3 is 0 Å². The molecule has 2 aromatic rings. The van der Waals surface area contributed by atoms with E-state index in [1.165, 1.54) is 5.56 Å². The van der Waals surface area contributed by atoms with Gasteiger partial charge in [-0.1, -0.05) is 44.2 Å². The zero-order valence-corrected chi connectivity index (χ0v) is 15.3. The van der Waals surface area contributed by atoms with Crippen molar-refractivity contribution in [2.45, 2.75) is 40.5 Å². The molecule has 0 spiro atoms. The topological polar surface area (TPSA) is 33.2 Å². The minimum atomic E-state index is 0.119. The predicted molar refractivity (Wildman–Crippen MR) is 97.1 cm³/mol. The molecular formula is C19H26N2OS. The maximum absolute atomic E-state index is 12.8. The number of hydrogen-bond donors (Lipinski definition) is 0. The molecule has 3 nitrogen and oxygen atoms in total. The Morgan fingerprint density at radius 3 is 2.57 bits per heavy atom. The quantitative estimate of drug-likeness (QED) is 0.756. The standard InChI is InChI=1S/C19H26N2OS/c1-5-21(12-11-16-9-7-6-8-10-16)19(22)18-15(4)20-17(23-18)13-14(2)3/h6-10,14H,5,11-13H2,1-4H3.